The number of benzene rings is 1. The van der Waals surface area contributed by atoms with Crippen LogP contribution >= 0.6 is 0 Å². The molecule has 0 spiro atoms. The van der Waals surface area contributed by atoms with Crippen LogP contribution in [-0.2, 0) is 14.8 Å². The van der Waals surface area contributed by atoms with Gasteiger partial charge in [0.15, 0.2) is 0 Å². The molecule has 1 heterocycles. The van der Waals surface area contributed by atoms with E-state index in [9.17, 15) is 22.0 Å². The molecule has 3 rings (SSSR count). The first kappa shape index (κ1) is 18.2. The lowest BCUT2D eigenvalue weighted by Gasteiger charge is -2.35. The number of nitrogens with one attached hydrogen (secondary N) is 1. The van der Waals surface area contributed by atoms with Gasteiger partial charge in [-0.25, -0.2) is 21.6 Å². The second-order valence-corrected chi connectivity index (χ2v) is 8.54. The van der Waals surface area contributed by atoms with E-state index in [0.717, 1.165) is 29.3 Å². The Balaban J connectivity index is 1.78. The van der Waals surface area contributed by atoms with Crippen LogP contribution in [0, 0.1) is 17.6 Å². The molecule has 9 heteroatoms. The molecule has 1 saturated heterocycles. The predicted molar refractivity (Wildman–Crippen MR) is 83.9 cm³/mol. The number of carbonyl (C=O) groups excluding carboxylic acids is 1. The molecule has 0 aromatic heterocycles. The number of hydrogen-bond donors (Lipinski definition) is 1. The molecule has 2 aliphatic rings. The number of alkyl halides is 1. The van der Waals surface area contributed by atoms with Gasteiger partial charge in [0.1, 0.15) is 16.5 Å². The maximum Gasteiger partial charge on any atom is 0.259 e. The molecule has 1 aromatic rings. The Hall–Kier alpha value is -1.61. The van der Waals surface area contributed by atoms with E-state index in [1.165, 1.54) is 0 Å². The van der Waals surface area contributed by atoms with E-state index in [0.29, 0.717) is 18.5 Å². The molecule has 25 heavy (non-hydrogen) atoms. The lowest BCUT2D eigenvalue weighted by Crippen LogP contribution is -2.55. The summed E-state index contributed by atoms with van der Waals surface area (Å²) in [6.07, 6.45) is 2.02. The van der Waals surface area contributed by atoms with E-state index in [-0.39, 0.29) is 19.4 Å². The van der Waals surface area contributed by atoms with Crippen molar-refractivity contribution in [3.8, 4) is 0 Å². The van der Waals surface area contributed by atoms with Crippen LogP contribution in [0.15, 0.2) is 23.1 Å². The molecule has 1 amide bonds. The van der Waals surface area contributed by atoms with Crippen LogP contribution in [-0.4, -0.2) is 43.9 Å². The Labute approximate surface area is 144 Å². The zero-order valence-electron chi connectivity index (χ0n) is 13.5. The summed E-state index contributed by atoms with van der Waals surface area (Å²) in [6, 6.07) is 2.09. The molecule has 1 aromatic carbocycles. The van der Waals surface area contributed by atoms with Crippen LogP contribution in [0.3, 0.4) is 0 Å². The fourth-order valence-electron chi connectivity index (χ4n) is 2.90. The van der Waals surface area contributed by atoms with Crippen molar-refractivity contribution in [1.29, 1.82) is 0 Å². The minimum atomic E-state index is -4.36. The minimum Gasteiger partial charge on any atom is -0.353 e. The van der Waals surface area contributed by atoms with Gasteiger partial charge in [-0.15, -0.1) is 0 Å². The lowest BCUT2D eigenvalue weighted by molar-refractivity contribution is -0.135. The molecule has 1 saturated carbocycles. The largest absolute Gasteiger partial charge is 0.353 e. The molecule has 1 N–H and O–H groups in total. The van der Waals surface area contributed by atoms with Gasteiger partial charge in [0.05, 0.1) is 6.54 Å². The monoisotopic (exact) mass is 376 g/mol. The van der Waals surface area contributed by atoms with Gasteiger partial charge in [-0.3, -0.25) is 4.79 Å². The molecular formula is C16H19F3N2O3S. The van der Waals surface area contributed by atoms with Gasteiger partial charge in [0, 0.05) is 19.2 Å². The van der Waals surface area contributed by atoms with Crippen LogP contribution in [0.4, 0.5) is 13.2 Å². The molecule has 2 fully saturated rings. The molecule has 5 nitrogen and oxygen atoms in total. The summed E-state index contributed by atoms with van der Waals surface area (Å²) in [7, 11) is -4.36. The third-order valence-corrected chi connectivity index (χ3v) is 6.45. The van der Waals surface area contributed by atoms with Gasteiger partial charge in [0.25, 0.3) is 5.91 Å². The number of amides is 1. The second kappa shape index (κ2) is 6.60. The van der Waals surface area contributed by atoms with Crippen LogP contribution in [0.25, 0.3) is 0 Å². The van der Waals surface area contributed by atoms with Crippen molar-refractivity contribution in [3.05, 3.63) is 29.8 Å². The fourth-order valence-corrected chi connectivity index (χ4v) is 4.47. The van der Waals surface area contributed by atoms with E-state index in [4.69, 9.17) is 0 Å². The summed E-state index contributed by atoms with van der Waals surface area (Å²) in [4.78, 5) is 11.4. The smallest absolute Gasteiger partial charge is 0.259 e. The summed E-state index contributed by atoms with van der Waals surface area (Å²) in [5.74, 6) is -2.62. The van der Waals surface area contributed by atoms with Gasteiger partial charge < -0.3 is 5.32 Å². The lowest BCUT2D eigenvalue weighted by atomic mass is 9.95. The van der Waals surface area contributed by atoms with Crippen molar-refractivity contribution in [2.45, 2.75) is 36.2 Å². The highest BCUT2D eigenvalue weighted by Crippen LogP contribution is 2.32. The third-order valence-electron chi connectivity index (χ3n) is 4.57. The normalized spacial score (nSPS) is 24.9. The summed E-state index contributed by atoms with van der Waals surface area (Å²) in [6.45, 7) is -0.326. The van der Waals surface area contributed by atoms with Gasteiger partial charge in [-0.1, -0.05) is 0 Å². The van der Waals surface area contributed by atoms with Crippen molar-refractivity contribution in [2.75, 3.05) is 19.6 Å². The summed E-state index contributed by atoms with van der Waals surface area (Å²) >= 11 is 0. The molecular weight excluding hydrogens is 357 g/mol. The molecule has 0 bridgehead atoms. The third kappa shape index (κ3) is 3.82. The second-order valence-electron chi connectivity index (χ2n) is 6.64. The zero-order valence-corrected chi connectivity index (χ0v) is 14.3. The Morgan fingerprint density at radius 2 is 2.04 bits per heavy atom. The van der Waals surface area contributed by atoms with Crippen molar-refractivity contribution in [2.24, 2.45) is 5.92 Å². The number of halogens is 3. The molecule has 1 aliphatic carbocycles. The first-order chi connectivity index (χ1) is 11.7. The van der Waals surface area contributed by atoms with Crippen molar-refractivity contribution >= 4 is 15.9 Å². The van der Waals surface area contributed by atoms with Crippen LogP contribution in [0.1, 0.15) is 25.7 Å². The van der Waals surface area contributed by atoms with Crippen molar-refractivity contribution in [1.82, 2.24) is 9.62 Å². The first-order valence-electron chi connectivity index (χ1n) is 8.15. The Kier molecular flexibility index (Phi) is 4.80. The molecule has 0 unspecified atom stereocenters. The quantitative estimate of drug-likeness (QED) is 0.855. The number of carbonyl (C=O) groups is 1. The highest BCUT2D eigenvalue weighted by Gasteiger charge is 2.46. The summed E-state index contributed by atoms with van der Waals surface area (Å²) in [5.41, 5.74) is -2.35. The van der Waals surface area contributed by atoms with Crippen molar-refractivity contribution < 1.29 is 26.4 Å². The highest BCUT2D eigenvalue weighted by molar-refractivity contribution is 7.89. The number of piperidine rings is 1. The summed E-state index contributed by atoms with van der Waals surface area (Å²) in [5, 5.41) is 2.53. The maximum atomic E-state index is 15.0. The molecule has 1 atom stereocenters. The van der Waals surface area contributed by atoms with Gasteiger partial charge >= 0.3 is 0 Å². The van der Waals surface area contributed by atoms with E-state index >= 15 is 4.39 Å². The molecule has 1 aliphatic heterocycles. The van der Waals surface area contributed by atoms with Gasteiger partial charge in [-0.2, -0.15) is 4.31 Å². The highest BCUT2D eigenvalue weighted by atomic mass is 32.2. The number of nitrogens with zero attached hydrogens (tertiary/aromatic N) is 1. The predicted octanol–water partition coefficient (Wildman–Crippen LogP) is 1.98. The fraction of sp³-hybridized carbons (Fsp3) is 0.562. The zero-order chi connectivity index (χ0) is 18.2. The van der Waals surface area contributed by atoms with Crippen LogP contribution < -0.4 is 5.32 Å². The molecule has 0 radical (unpaired) electrons. The average Bonchev–Trinajstić information content (AvgIpc) is 3.36. The maximum absolute atomic E-state index is 15.0. The van der Waals surface area contributed by atoms with Gasteiger partial charge in [0.2, 0.25) is 15.7 Å². The number of rotatable bonds is 5. The Bertz CT molecular complexity index is 783. The summed E-state index contributed by atoms with van der Waals surface area (Å²) < 4.78 is 67.8. The minimum absolute atomic E-state index is 0.0271. The van der Waals surface area contributed by atoms with E-state index in [1.54, 1.807) is 0 Å². The average molecular weight is 376 g/mol. The van der Waals surface area contributed by atoms with Crippen molar-refractivity contribution in [3.63, 3.8) is 0 Å². The van der Waals surface area contributed by atoms with E-state index in [1.807, 2.05) is 0 Å². The van der Waals surface area contributed by atoms with E-state index in [2.05, 4.69) is 5.32 Å². The number of hydrogen-bond acceptors (Lipinski definition) is 3. The van der Waals surface area contributed by atoms with Crippen LogP contribution in [0.5, 0.6) is 0 Å². The topological polar surface area (TPSA) is 66.5 Å². The Morgan fingerprint density at radius 1 is 1.32 bits per heavy atom. The SMILES string of the molecule is O=C(NCC1CC1)[C@]1(F)CCCN(S(=O)(=O)c2ccc(F)cc2F)C1. The van der Waals surface area contributed by atoms with E-state index < -0.39 is 44.7 Å². The van der Waals surface area contributed by atoms with Gasteiger partial charge in [-0.05, 0) is 43.7 Å². The standard InChI is InChI=1S/C16H19F3N2O3S/c17-12-4-5-14(13(18)8-12)25(23,24)21-7-1-6-16(19,10-21)15(22)20-9-11-2-3-11/h4-5,8,11H,1-3,6-7,9-10H2,(H,20,22)/t16-/m0/s1. The first-order valence-corrected chi connectivity index (χ1v) is 9.59. The number of sulfonamides is 1. The molecule has 138 valence electrons. The van der Waals surface area contributed by atoms with Crippen LogP contribution in [0.2, 0.25) is 0 Å². The Morgan fingerprint density at radius 3 is 2.68 bits per heavy atom.